The second kappa shape index (κ2) is 15.0. The van der Waals surface area contributed by atoms with E-state index in [0.717, 1.165) is 0 Å². The van der Waals surface area contributed by atoms with Gasteiger partial charge in [0, 0.05) is 11.1 Å². The van der Waals surface area contributed by atoms with Crippen molar-refractivity contribution in [3.05, 3.63) is 0 Å². The van der Waals surface area contributed by atoms with E-state index in [1.807, 2.05) is 0 Å². The van der Waals surface area contributed by atoms with Crippen molar-refractivity contribution in [3.63, 3.8) is 0 Å². The van der Waals surface area contributed by atoms with Crippen LogP contribution in [-0.2, 0) is 0 Å². The second-order valence-electron chi connectivity index (χ2n) is 13.6. The van der Waals surface area contributed by atoms with Crippen molar-refractivity contribution in [1.82, 2.24) is 5.32 Å². The lowest BCUT2D eigenvalue weighted by Crippen LogP contribution is -2.55. The van der Waals surface area contributed by atoms with Crippen molar-refractivity contribution < 1.29 is 0 Å². The molecule has 0 aromatic carbocycles. The zero-order chi connectivity index (χ0) is 24.0. The van der Waals surface area contributed by atoms with Crippen molar-refractivity contribution in [2.24, 2.45) is 10.8 Å². The van der Waals surface area contributed by atoms with Gasteiger partial charge in [-0.15, -0.1) is 0 Å². The van der Waals surface area contributed by atoms with E-state index in [1.54, 1.807) is 0 Å². The molecule has 0 saturated carbocycles. The summed E-state index contributed by atoms with van der Waals surface area (Å²) < 4.78 is 0. The summed E-state index contributed by atoms with van der Waals surface area (Å²) in [6.07, 6.45) is 22.0. The van der Waals surface area contributed by atoms with E-state index in [0.29, 0.717) is 10.8 Å². The number of nitrogens with one attached hydrogen (secondary N) is 1. The Morgan fingerprint density at radius 1 is 0.419 bits per heavy atom. The highest BCUT2D eigenvalue weighted by Crippen LogP contribution is 2.37. The molecule has 0 bridgehead atoms. The lowest BCUT2D eigenvalue weighted by molar-refractivity contribution is 0.131. The van der Waals surface area contributed by atoms with Gasteiger partial charge in [0.15, 0.2) is 0 Å². The molecule has 188 valence electrons. The van der Waals surface area contributed by atoms with E-state index in [1.165, 1.54) is 103 Å². The van der Waals surface area contributed by atoms with Crippen LogP contribution in [0.1, 0.15) is 172 Å². The van der Waals surface area contributed by atoms with Crippen molar-refractivity contribution in [3.8, 4) is 0 Å². The average Bonchev–Trinajstić information content (AvgIpc) is 2.57. The van der Waals surface area contributed by atoms with E-state index >= 15 is 0 Å². The Balaban J connectivity index is 4.46. The molecule has 0 radical (unpaired) electrons. The van der Waals surface area contributed by atoms with Crippen LogP contribution in [0.3, 0.4) is 0 Å². The molecule has 0 aromatic heterocycles. The van der Waals surface area contributed by atoms with Gasteiger partial charge in [0.2, 0.25) is 0 Å². The zero-order valence-corrected chi connectivity index (χ0v) is 23.8. The second-order valence-corrected chi connectivity index (χ2v) is 13.6. The molecule has 0 fully saturated rings. The summed E-state index contributed by atoms with van der Waals surface area (Å²) in [5.74, 6) is 0. The molecular weight excluding hydrogens is 374 g/mol. The molecule has 0 aliphatic carbocycles. The van der Waals surface area contributed by atoms with Crippen molar-refractivity contribution in [1.29, 1.82) is 0 Å². The first-order valence-corrected chi connectivity index (χ1v) is 14.0. The van der Waals surface area contributed by atoms with Gasteiger partial charge < -0.3 is 5.32 Å². The standard InChI is InChI=1S/C30H63N/c1-11-13-15-17-19-21-23-27(3,4)25-29(7,8)31-30(9,10)26-28(5,6)24-22-20-18-16-14-12-2/h31H,11-26H2,1-10H3. The maximum atomic E-state index is 4.08. The van der Waals surface area contributed by atoms with Crippen LogP contribution in [0.25, 0.3) is 0 Å². The Morgan fingerprint density at radius 3 is 1.03 bits per heavy atom. The van der Waals surface area contributed by atoms with Gasteiger partial charge in [0.25, 0.3) is 0 Å². The summed E-state index contributed by atoms with van der Waals surface area (Å²) in [5, 5.41) is 4.08. The van der Waals surface area contributed by atoms with E-state index < -0.39 is 0 Å². The van der Waals surface area contributed by atoms with Crippen molar-refractivity contribution in [2.75, 3.05) is 0 Å². The molecule has 1 N–H and O–H groups in total. The highest BCUT2D eigenvalue weighted by Gasteiger charge is 2.35. The SMILES string of the molecule is CCCCCCCCC(C)(C)CC(C)(C)NC(C)(C)CC(C)(C)CCCCCCCC. The van der Waals surface area contributed by atoms with Crippen LogP contribution >= 0.6 is 0 Å². The van der Waals surface area contributed by atoms with Crippen molar-refractivity contribution >= 4 is 0 Å². The summed E-state index contributed by atoms with van der Waals surface area (Å²) in [7, 11) is 0. The lowest BCUT2D eigenvalue weighted by atomic mass is 9.73. The van der Waals surface area contributed by atoms with Gasteiger partial charge in [-0.3, -0.25) is 0 Å². The van der Waals surface area contributed by atoms with E-state index in [4.69, 9.17) is 0 Å². The Labute approximate surface area is 199 Å². The van der Waals surface area contributed by atoms with Crippen LogP contribution in [0.4, 0.5) is 0 Å². The molecule has 0 amide bonds. The van der Waals surface area contributed by atoms with Crippen LogP contribution in [0, 0.1) is 10.8 Å². The molecule has 0 saturated heterocycles. The number of hydrogen-bond donors (Lipinski definition) is 1. The molecule has 31 heavy (non-hydrogen) atoms. The normalized spacial score (nSPS) is 13.7. The zero-order valence-electron chi connectivity index (χ0n) is 23.8. The lowest BCUT2D eigenvalue weighted by Gasteiger charge is -2.44. The molecular formula is C30H63N. The predicted octanol–water partition coefficient (Wildman–Crippen LogP) is 10.5. The van der Waals surface area contributed by atoms with Gasteiger partial charge >= 0.3 is 0 Å². The first kappa shape index (κ1) is 31.0. The minimum atomic E-state index is 0.172. The van der Waals surface area contributed by atoms with Crippen LogP contribution in [-0.4, -0.2) is 11.1 Å². The molecule has 0 spiro atoms. The van der Waals surface area contributed by atoms with Gasteiger partial charge in [-0.2, -0.15) is 0 Å². The van der Waals surface area contributed by atoms with Crippen LogP contribution in [0.2, 0.25) is 0 Å². The third-order valence-electron chi connectivity index (χ3n) is 6.93. The fourth-order valence-electron chi connectivity index (χ4n) is 6.34. The molecule has 0 unspecified atom stereocenters. The maximum absolute atomic E-state index is 4.08. The summed E-state index contributed by atoms with van der Waals surface area (Å²) in [6.45, 7) is 24.3. The fraction of sp³-hybridized carbons (Fsp3) is 1.00. The fourth-order valence-corrected chi connectivity index (χ4v) is 6.34. The summed E-state index contributed by atoms with van der Waals surface area (Å²) >= 11 is 0. The molecule has 0 atom stereocenters. The number of rotatable bonds is 20. The number of hydrogen-bond acceptors (Lipinski definition) is 1. The predicted molar refractivity (Wildman–Crippen MR) is 144 cm³/mol. The van der Waals surface area contributed by atoms with Gasteiger partial charge in [-0.05, 0) is 64.2 Å². The van der Waals surface area contributed by atoms with Gasteiger partial charge in [0.05, 0.1) is 0 Å². The molecule has 0 aliphatic heterocycles. The largest absolute Gasteiger partial charge is 0.307 e. The average molecular weight is 438 g/mol. The Morgan fingerprint density at radius 2 is 0.710 bits per heavy atom. The van der Waals surface area contributed by atoms with E-state index in [2.05, 4.69) is 74.6 Å². The third kappa shape index (κ3) is 18.1. The molecule has 0 aliphatic rings. The van der Waals surface area contributed by atoms with E-state index in [-0.39, 0.29) is 11.1 Å². The summed E-state index contributed by atoms with van der Waals surface area (Å²) in [4.78, 5) is 0. The summed E-state index contributed by atoms with van der Waals surface area (Å²) in [6, 6.07) is 0. The Kier molecular flexibility index (Phi) is 15.0. The first-order valence-electron chi connectivity index (χ1n) is 14.0. The molecule has 0 heterocycles. The molecule has 1 nitrogen and oxygen atoms in total. The van der Waals surface area contributed by atoms with Gasteiger partial charge in [-0.1, -0.05) is 119 Å². The third-order valence-corrected chi connectivity index (χ3v) is 6.93. The maximum Gasteiger partial charge on any atom is 0.0135 e. The van der Waals surface area contributed by atoms with Gasteiger partial charge in [0.1, 0.15) is 0 Å². The quantitative estimate of drug-likeness (QED) is 0.187. The molecule has 1 heteroatoms. The van der Waals surface area contributed by atoms with Crippen molar-refractivity contribution in [2.45, 2.75) is 183 Å². The number of unbranched alkanes of at least 4 members (excludes halogenated alkanes) is 10. The topological polar surface area (TPSA) is 12.0 Å². The highest BCUT2D eigenvalue weighted by molar-refractivity contribution is 4.94. The summed E-state index contributed by atoms with van der Waals surface area (Å²) in [5.41, 5.74) is 1.16. The smallest absolute Gasteiger partial charge is 0.0135 e. The highest BCUT2D eigenvalue weighted by atomic mass is 15.0. The Bertz CT molecular complexity index is 390. The van der Waals surface area contributed by atoms with Crippen LogP contribution < -0.4 is 5.32 Å². The monoisotopic (exact) mass is 437 g/mol. The van der Waals surface area contributed by atoms with Crippen LogP contribution in [0.5, 0.6) is 0 Å². The van der Waals surface area contributed by atoms with E-state index in [9.17, 15) is 0 Å². The first-order chi connectivity index (χ1) is 14.2. The van der Waals surface area contributed by atoms with Gasteiger partial charge in [-0.25, -0.2) is 0 Å². The Hall–Kier alpha value is -0.0400. The minimum absolute atomic E-state index is 0.172. The van der Waals surface area contributed by atoms with Crippen LogP contribution in [0.15, 0.2) is 0 Å². The minimum Gasteiger partial charge on any atom is -0.307 e. The molecule has 0 rings (SSSR count). The molecule has 0 aromatic rings.